The first-order valence-corrected chi connectivity index (χ1v) is 5.48. The Kier molecular flexibility index (Phi) is 2.63. The molecule has 80 valence electrons. The van der Waals surface area contributed by atoms with Gasteiger partial charge in [-0.2, -0.15) is 0 Å². The Labute approximate surface area is 84.8 Å². The number of nitrogens with zero attached hydrogens (tertiary/aromatic N) is 1. The van der Waals surface area contributed by atoms with Crippen LogP contribution in [0.3, 0.4) is 0 Å². The highest BCUT2D eigenvalue weighted by Gasteiger charge is 2.35. The van der Waals surface area contributed by atoms with E-state index >= 15 is 0 Å². The van der Waals surface area contributed by atoms with Crippen molar-refractivity contribution in [3.63, 3.8) is 0 Å². The summed E-state index contributed by atoms with van der Waals surface area (Å²) in [6, 6.07) is 0.510. The lowest BCUT2D eigenvalue weighted by atomic mass is 9.83. The second-order valence-electron chi connectivity index (χ2n) is 4.57. The average Bonchev–Trinajstić information content (AvgIpc) is 2.56. The number of nitrogens with two attached hydrogens (primary N) is 1. The van der Waals surface area contributed by atoms with Gasteiger partial charge < -0.3 is 16.0 Å². The lowest BCUT2D eigenvalue weighted by molar-refractivity contribution is 0.149. The summed E-state index contributed by atoms with van der Waals surface area (Å²) in [6.07, 6.45) is 3.32. The highest BCUT2D eigenvalue weighted by Crippen LogP contribution is 2.27. The van der Waals surface area contributed by atoms with Crippen LogP contribution in [0.25, 0.3) is 0 Å². The number of nitrogens with one attached hydrogen (secondary N) is 1. The van der Waals surface area contributed by atoms with Crippen LogP contribution in [0, 0.1) is 5.92 Å². The van der Waals surface area contributed by atoms with E-state index in [9.17, 15) is 4.79 Å². The molecule has 1 aliphatic heterocycles. The monoisotopic (exact) mass is 197 g/mol. The van der Waals surface area contributed by atoms with Gasteiger partial charge in [-0.25, -0.2) is 4.79 Å². The Morgan fingerprint density at radius 2 is 2.29 bits per heavy atom. The molecule has 0 aromatic heterocycles. The largest absolute Gasteiger partial charge is 0.336 e. The lowest BCUT2D eigenvalue weighted by Crippen LogP contribution is -2.52. The highest BCUT2D eigenvalue weighted by atomic mass is 16.2. The van der Waals surface area contributed by atoms with Crippen molar-refractivity contribution in [1.29, 1.82) is 0 Å². The molecule has 4 nitrogen and oxygen atoms in total. The SMILES string of the molecule is CC1CCC(N)C(N2CCNC2=O)C1. The quantitative estimate of drug-likeness (QED) is 0.644. The summed E-state index contributed by atoms with van der Waals surface area (Å²) >= 11 is 0. The Bertz CT molecular complexity index is 231. The van der Waals surface area contributed by atoms with E-state index in [1.54, 1.807) is 0 Å². The van der Waals surface area contributed by atoms with Crippen molar-refractivity contribution in [1.82, 2.24) is 10.2 Å². The molecular formula is C10H19N3O. The molecule has 2 aliphatic rings. The molecule has 1 saturated carbocycles. The molecule has 3 atom stereocenters. The van der Waals surface area contributed by atoms with Crippen LogP contribution in [0.5, 0.6) is 0 Å². The molecule has 0 radical (unpaired) electrons. The van der Waals surface area contributed by atoms with E-state index in [1.165, 1.54) is 6.42 Å². The predicted octanol–water partition coefficient (Wildman–Crippen LogP) is 0.527. The Balaban J connectivity index is 2.03. The molecule has 2 rings (SSSR count). The molecule has 14 heavy (non-hydrogen) atoms. The summed E-state index contributed by atoms with van der Waals surface area (Å²) in [6.45, 7) is 3.84. The summed E-state index contributed by atoms with van der Waals surface area (Å²) in [5.41, 5.74) is 6.06. The first-order chi connectivity index (χ1) is 6.68. The standard InChI is InChI=1S/C10H19N3O/c1-7-2-3-8(11)9(6-7)13-5-4-12-10(13)14/h7-9H,2-6,11H2,1H3,(H,12,14). The van der Waals surface area contributed by atoms with Gasteiger partial charge in [0.15, 0.2) is 0 Å². The van der Waals surface area contributed by atoms with Gasteiger partial charge >= 0.3 is 6.03 Å². The maximum atomic E-state index is 11.5. The molecule has 0 bridgehead atoms. The highest BCUT2D eigenvalue weighted by molar-refractivity contribution is 5.76. The number of urea groups is 1. The number of hydrogen-bond acceptors (Lipinski definition) is 2. The van der Waals surface area contributed by atoms with Gasteiger partial charge in [0, 0.05) is 25.2 Å². The van der Waals surface area contributed by atoms with Gasteiger partial charge in [-0.05, 0) is 25.2 Å². The molecule has 0 aromatic rings. The normalized spacial score (nSPS) is 38.6. The zero-order chi connectivity index (χ0) is 10.1. The fraction of sp³-hybridized carbons (Fsp3) is 0.900. The van der Waals surface area contributed by atoms with Crippen molar-refractivity contribution in [2.24, 2.45) is 11.7 Å². The molecule has 3 unspecified atom stereocenters. The van der Waals surface area contributed by atoms with Gasteiger partial charge in [-0.3, -0.25) is 0 Å². The smallest absolute Gasteiger partial charge is 0.317 e. The van der Waals surface area contributed by atoms with E-state index in [4.69, 9.17) is 5.73 Å². The Hall–Kier alpha value is -0.770. The van der Waals surface area contributed by atoms with Crippen LogP contribution in [-0.4, -0.2) is 36.1 Å². The number of amides is 2. The van der Waals surface area contributed by atoms with Crippen LogP contribution in [-0.2, 0) is 0 Å². The minimum Gasteiger partial charge on any atom is -0.336 e. The van der Waals surface area contributed by atoms with E-state index in [-0.39, 0.29) is 18.1 Å². The molecule has 1 saturated heterocycles. The third-order valence-electron chi connectivity index (χ3n) is 3.42. The van der Waals surface area contributed by atoms with Crippen LogP contribution in [0.2, 0.25) is 0 Å². The molecule has 0 aromatic carbocycles. The molecule has 3 N–H and O–H groups in total. The van der Waals surface area contributed by atoms with Crippen molar-refractivity contribution >= 4 is 6.03 Å². The fourth-order valence-corrected chi connectivity index (χ4v) is 2.54. The van der Waals surface area contributed by atoms with Gasteiger partial charge in [0.25, 0.3) is 0 Å². The second-order valence-corrected chi connectivity index (χ2v) is 4.57. The van der Waals surface area contributed by atoms with E-state index in [2.05, 4.69) is 12.2 Å². The zero-order valence-electron chi connectivity index (χ0n) is 8.70. The van der Waals surface area contributed by atoms with Crippen molar-refractivity contribution in [3.8, 4) is 0 Å². The van der Waals surface area contributed by atoms with E-state index in [0.29, 0.717) is 5.92 Å². The summed E-state index contributed by atoms with van der Waals surface area (Å²) in [4.78, 5) is 13.4. The molecule has 4 heteroatoms. The lowest BCUT2D eigenvalue weighted by Gasteiger charge is -2.37. The molecule has 2 amide bonds. The van der Waals surface area contributed by atoms with Gasteiger partial charge in [-0.1, -0.05) is 6.92 Å². The van der Waals surface area contributed by atoms with Crippen molar-refractivity contribution in [2.45, 2.75) is 38.3 Å². The van der Waals surface area contributed by atoms with E-state index in [0.717, 1.165) is 25.9 Å². The molecular weight excluding hydrogens is 178 g/mol. The van der Waals surface area contributed by atoms with Gasteiger partial charge in [0.2, 0.25) is 0 Å². The number of carbonyl (C=O) groups excluding carboxylic acids is 1. The molecule has 0 spiro atoms. The fourth-order valence-electron chi connectivity index (χ4n) is 2.54. The van der Waals surface area contributed by atoms with E-state index < -0.39 is 0 Å². The van der Waals surface area contributed by atoms with Crippen LogP contribution >= 0.6 is 0 Å². The topological polar surface area (TPSA) is 58.4 Å². The number of carbonyl (C=O) groups is 1. The van der Waals surface area contributed by atoms with Crippen LogP contribution in [0.15, 0.2) is 0 Å². The molecule has 1 heterocycles. The van der Waals surface area contributed by atoms with E-state index in [1.807, 2.05) is 4.90 Å². The minimum absolute atomic E-state index is 0.0690. The van der Waals surface area contributed by atoms with Gasteiger partial charge in [0.05, 0.1) is 0 Å². The summed E-state index contributed by atoms with van der Waals surface area (Å²) < 4.78 is 0. The third-order valence-corrected chi connectivity index (χ3v) is 3.42. The van der Waals surface area contributed by atoms with Crippen LogP contribution in [0.4, 0.5) is 4.79 Å². The summed E-state index contributed by atoms with van der Waals surface area (Å²) in [7, 11) is 0. The zero-order valence-corrected chi connectivity index (χ0v) is 8.70. The van der Waals surface area contributed by atoms with Crippen molar-refractivity contribution in [3.05, 3.63) is 0 Å². The number of hydrogen-bond donors (Lipinski definition) is 2. The Morgan fingerprint density at radius 1 is 1.50 bits per heavy atom. The third kappa shape index (κ3) is 1.71. The summed E-state index contributed by atoms with van der Waals surface area (Å²) in [5, 5.41) is 2.83. The van der Waals surface area contributed by atoms with Crippen molar-refractivity contribution < 1.29 is 4.79 Å². The Morgan fingerprint density at radius 3 is 2.93 bits per heavy atom. The second kappa shape index (κ2) is 3.77. The maximum absolute atomic E-state index is 11.5. The first kappa shape index (κ1) is 9.77. The van der Waals surface area contributed by atoms with Crippen LogP contribution in [0.1, 0.15) is 26.2 Å². The average molecular weight is 197 g/mol. The minimum atomic E-state index is 0.0690. The number of rotatable bonds is 1. The molecule has 1 aliphatic carbocycles. The predicted molar refractivity (Wildman–Crippen MR) is 54.9 cm³/mol. The van der Waals surface area contributed by atoms with Gasteiger partial charge in [-0.15, -0.1) is 0 Å². The van der Waals surface area contributed by atoms with Crippen molar-refractivity contribution in [2.75, 3.05) is 13.1 Å². The first-order valence-electron chi connectivity index (χ1n) is 5.48. The van der Waals surface area contributed by atoms with Crippen LogP contribution < -0.4 is 11.1 Å². The maximum Gasteiger partial charge on any atom is 0.317 e. The summed E-state index contributed by atoms with van der Waals surface area (Å²) in [5.74, 6) is 0.702. The van der Waals surface area contributed by atoms with Gasteiger partial charge in [0.1, 0.15) is 0 Å². The molecule has 2 fully saturated rings.